The zero-order valence-electron chi connectivity index (χ0n) is 6.62. The number of rotatable bonds is 4. The molecule has 0 atom stereocenters. The smallest absolute Gasteiger partial charge is 0.302 e. The van der Waals surface area contributed by atoms with E-state index in [2.05, 4.69) is 8.62 Å². The third-order valence-corrected chi connectivity index (χ3v) is 3.77. The van der Waals surface area contributed by atoms with Crippen molar-refractivity contribution in [1.82, 2.24) is 0 Å². The van der Waals surface area contributed by atoms with Crippen LogP contribution in [0.2, 0.25) is 0 Å². The lowest BCUT2D eigenvalue weighted by Gasteiger charge is -2.11. The Kier molecular flexibility index (Phi) is 9.63. The first-order chi connectivity index (χ1) is 5.41. The van der Waals surface area contributed by atoms with Gasteiger partial charge in [-0.25, -0.2) is 13.7 Å². The molecule has 96 valence electrons. The maximum absolute atomic E-state index is 10.4. The van der Waals surface area contributed by atoms with E-state index in [0.29, 0.717) is 0 Å². The van der Waals surface area contributed by atoms with Crippen LogP contribution in [0.1, 0.15) is 0 Å². The van der Waals surface area contributed by atoms with Crippen LogP contribution in [-0.2, 0) is 22.3 Å². The minimum atomic E-state index is -5.46. The molecular formula is H9O10P3S2. The number of phosphoric acid groups is 3. The van der Waals surface area contributed by atoms with E-state index in [0.717, 1.165) is 0 Å². The summed E-state index contributed by atoms with van der Waals surface area (Å²) >= 11 is 0. The minimum Gasteiger partial charge on any atom is -0.302 e. The van der Waals surface area contributed by atoms with Gasteiger partial charge in [0.05, 0.1) is 0 Å². The predicted octanol–water partition coefficient (Wildman–Crippen LogP) is -0.469. The fourth-order valence-electron chi connectivity index (χ4n) is 0.284. The largest absolute Gasteiger partial charge is 0.490 e. The third kappa shape index (κ3) is 15.1. The molecular weight excluding hydrogens is 317 g/mol. The van der Waals surface area contributed by atoms with E-state index in [4.69, 9.17) is 24.5 Å². The van der Waals surface area contributed by atoms with Crippen molar-refractivity contribution in [2.75, 3.05) is 0 Å². The minimum absolute atomic E-state index is 0. The molecule has 0 unspecified atom stereocenters. The summed E-state index contributed by atoms with van der Waals surface area (Å²) in [6.45, 7) is 0. The van der Waals surface area contributed by atoms with Crippen LogP contribution in [0.4, 0.5) is 0 Å². The predicted molar refractivity (Wildman–Crippen MR) is 56.8 cm³/mol. The van der Waals surface area contributed by atoms with Gasteiger partial charge >= 0.3 is 23.5 Å². The lowest BCUT2D eigenvalue weighted by molar-refractivity contribution is 0.204. The molecule has 0 bridgehead atoms. The number of hydrogen-bond donors (Lipinski definition) is 5. The van der Waals surface area contributed by atoms with Gasteiger partial charge in [-0.05, 0) is 0 Å². The molecule has 0 saturated carbocycles. The van der Waals surface area contributed by atoms with Crippen LogP contribution >= 0.6 is 50.5 Å². The zero-order valence-corrected chi connectivity index (χ0v) is 11.3. The summed E-state index contributed by atoms with van der Waals surface area (Å²) in [5, 5.41) is 0. The fraction of sp³-hybridized carbons (Fsp3) is 0. The molecule has 0 spiro atoms. The quantitative estimate of drug-likeness (QED) is 0.425. The normalized spacial score (nSPS) is 12.6. The van der Waals surface area contributed by atoms with Gasteiger partial charge in [0.1, 0.15) is 0 Å². The summed E-state index contributed by atoms with van der Waals surface area (Å²) in [4.78, 5) is 40.2. The summed E-state index contributed by atoms with van der Waals surface area (Å²) in [6.07, 6.45) is 0. The molecule has 10 nitrogen and oxygen atoms in total. The Balaban J connectivity index is -0.000000720. The summed E-state index contributed by atoms with van der Waals surface area (Å²) in [6, 6.07) is 0. The van der Waals surface area contributed by atoms with Crippen molar-refractivity contribution < 1.29 is 46.8 Å². The van der Waals surface area contributed by atoms with Gasteiger partial charge in [-0.15, -0.1) is 0 Å². The Morgan fingerprint density at radius 3 is 1.00 bits per heavy atom. The first-order valence-corrected chi connectivity index (χ1v) is 6.83. The summed E-state index contributed by atoms with van der Waals surface area (Å²) < 4.78 is 36.4. The van der Waals surface area contributed by atoms with E-state index >= 15 is 0 Å². The Labute approximate surface area is 97.6 Å². The Morgan fingerprint density at radius 2 is 0.867 bits per heavy atom. The average Bonchev–Trinajstić information content (AvgIpc) is 1.43. The molecule has 0 aliphatic carbocycles. The van der Waals surface area contributed by atoms with Crippen molar-refractivity contribution in [3.05, 3.63) is 0 Å². The Morgan fingerprint density at radius 1 is 0.667 bits per heavy atom. The van der Waals surface area contributed by atoms with Gasteiger partial charge in [0.15, 0.2) is 0 Å². The van der Waals surface area contributed by atoms with Crippen molar-refractivity contribution in [2.24, 2.45) is 0 Å². The van der Waals surface area contributed by atoms with Gasteiger partial charge in [-0.1, -0.05) is 0 Å². The molecule has 0 aliphatic rings. The lowest BCUT2D eigenvalue weighted by atomic mass is 15.7. The van der Waals surface area contributed by atoms with E-state index in [1.807, 2.05) is 0 Å². The van der Waals surface area contributed by atoms with Crippen LogP contribution in [0.5, 0.6) is 0 Å². The molecule has 0 radical (unpaired) electrons. The fourth-order valence-corrected chi connectivity index (χ4v) is 2.82. The maximum Gasteiger partial charge on any atom is 0.490 e. The molecule has 0 rings (SSSR count). The molecule has 5 N–H and O–H groups in total. The molecule has 0 fully saturated rings. The third-order valence-electron chi connectivity index (χ3n) is 0.419. The van der Waals surface area contributed by atoms with Crippen LogP contribution in [-0.4, -0.2) is 24.5 Å². The molecule has 0 amide bonds. The number of hydrogen-bond acceptors (Lipinski definition) is 5. The van der Waals surface area contributed by atoms with Gasteiger partial charge in [-0.3, -0.25) is 0 Å². The van der Waals surface area contributed by atoms with E-state index in [9.17, 15) is 13.7 Å². The molecule has 0 heterocycles. The van der Waals surface area contributed by atoms with Crippen molar-refractivity contribution >= 4 is 50.5 Å². The monoisotopic (exact) mass is 326 g/mol. The zero-order chi connectivity index (χ0) is 10.9. The van der Waals surface area contributed by atoms with E-state index < -0.39 is 23.5 Å². The second-order valence-electron chi connectivity index (χ2n) is 1.61. The maximum atomic E-state index is 10.4. The summed E-state index contributed by atoms with van der Waals surface area (Å²) in [7, 11) is -16.2. The molecule has 0 aromatic rings. The van der Waals surface area contributed by atoms with Gasteiger partial charge in [0.25, 0.3) is 0 Å². The average molecular weight is 326 g/mol. The molecule has 15 heteroatoms. The molecule has 0 saturated heterocycles. The lowest BCUT2D eigenvalue weighted by Crippen LogP contribution is -1.91. The van der Waals surface area contributed by atoms with Crippen LogP contribution < -0.4 is 0 Å². The molecule has 15 heavy (non-hydrogen) atoms. The summed E-state index contributed by atoms with van der Waals surface area (Å²) in [5.41, 5.74) is 0. The van der Waals surface area contributed by atoms with Crippen LogP contribution in [0, 0.1) is 0 Å². The highest BCUT2D eigenvalue weighted by Gasteiger charge is 2.38. The van der Waals surface area contributed by atoms with Crippen LogP contribution in [0.15, 0.2) is 0 Å². The first kappa shape index (κ1) is 21.4. The summed E-state index contributed by atoms with van der Waals surface area (Å²) in [5.74, 6) is 0. The van der Waals surface area contributed by atoms with Crippen LogP contribution in [0.3, 0.4) is 0 Å². The van der Waals surface area contributed by atoms with Crippen molar-refractivity contribution in [3.63, 3.8) is 0 Å². The van der Waals surface area contributed by atoms with E-state index in [1.165, 1.54) is 0 Å². The van der Waals surface area contributed by atoms with Gasteiger partial charge in [0, 0.05) is 0 Å². The Bertz CT molecular complexity index is 281. The second-order valence-corrected chi connectivity index (χ2v) is 5.82. The van der Waals surface area contributed by atoms with E-state index in [1.54, 1.807) is 0 Å². The Hall–Kier alpha value is 1.11. The highest BCUT2D eigenvalue weighted by atomic mass is 32.1. The SMILES string of the molecule is O=P(O)(O)OP(=O)(O)OP(=O)(O)O.S.S. The van der Waals surface area contributed by atoms with Gasteiger partial charge in [0.2, 0.25) is 0 Å². The second kappa shape index (κ2) is 6.75. The van der Waals surface area contributed by atoms with E-state index in [-0.39, 0.29) is 27.0 Å². The standard InChI is InChI=1S/H5O10P3.2H2S/c1-11(2,3)9-13(7,8)10-12(4,5)6;;/h(H,7,8)(H2,1,2,3)(H2,4,5,6);2*1H2. The highest BCUT2D eigenvalue weighted by Crippen LogP contribution is 2.64. The molecule has 0 aliphatic heterocycles. The highest BCUT2D eigenvalue weighted by molar-refractivity contribution is 7.66. The first-order valence-electron chi connectivity index (χ1n) is 2.28. The van der Waals surface area contributed by atoms with Crippen molar-refractivity contribution in [1.29, 1.82) is 0 Å². The topological polar surface area (TPSA) is 171 Å². The van der Waals surface area contributed by atoms with Gasteiger partial charge < -0.3 is 24.5 Å². The molecule has 0 aromatic carbocycles. The van der Waals surface area contributed by atoms with Crippen LogP contribution in [0.25, 0.3) is 0 Å². The van der Waals surface area contributed by atoms with Crippen molar-refractivity contribution in [2.45, 2.75) is 0 Å². The van der Waals surface area contributed by atoms with Gasteiger partial charge in [-0.2, -0.15) is 35.6 Å². The molecule has 0 aromatic heterocycles. The van der Waals surface area contributed by atoms with Crippen molar-refractivity contribution in [3.8, 4) is 0 Å².